The number of hydrogen-bond acceptors (Lipinski definition) is 21. The molecule has 31 nitrogen and oxygen atoms in total. The van der Waals surface area contributed by atoms with Crippen molar-refractivity contribution < 1.29 is 90.5 Å². The van der Waals surface area contributed by atoms with E-state index in [0.717, 1.165) is 36.8 Å². The van der Waals surface area contributed by atoms with Gasteiger partial charge in [0.15, 0.2) is 18.7 Å². The van der Waals surface area contributed by atoms with Crippen LogP contribution in [0, 0.1) is 0 Å². The van der Waals surface area contributed by atoms with Crippen LogP contribution in [0.3, 0.4) is 0 Å². The first kappa shape index (κ1) is 46.6. The third-order valence-corrected chi connectivity index (χ3v) is 11.5. The first-order valence-corrected chi connectivity index (χ1v) is 21.6. The Hall–Kier alpha value is -3.91. The lowest BCUT2D eigenvalue weighted by Gasteiger charge is -2.25. The Labute approximate surface area is 335 Å². The van der Waals surface area contributed by atoms with Crippen molar-refractivity contribution in [3.8, 4) is 0 Å². The number of aromatic amines is 3. The van der Waals surface area contributed by atoms with Crippen molar-refractivity contribution in [3.05, 3.63) is 99.3 Å². The smallest absolute Gasteiger partial charge is 0.387 e. The molecule has 3 aromatic rings. The number of ether oxygens (including phenoxy) is 3. The second-order valence-corrected chi connectivity index (χ2v) is 17.2. The minimum Gasteiger partial charge on any atom is -0.387 e. The van der Waals surface area contributed by atoms with Gasteiger partial charge in [-0.1, -0.05) is 0 Å². The molecule has 0 bridgehead atoms. The van der Waals surface area contributed by atoms with Gasteiger partial charge in [-0.15, -0.1) is 0 Å². The van der Waals surface area contributed by atoms with Gasteiger partial charge in [0.1, 0.15) is 54.9 Å². The van der Waals surface area contributed by atoms with Crippen LogP contribution < -0.4 is 33.7 Å². The van der Waals surface area contributed by atoms with Gasteiger partial charge in [0.05, 0.1) is 19.8 Å². The lowest BCUT2D eigenvalue weighted by atomic mass is 10.1. The van der Waals surface area contributed by atoms with Crippen molar-refractivity contribution in [1.29, 1.82) is 0 Å². The van der Waals surface area contributed by atoms with Gasteiger partial charge < -0.3 is 54.2 Å². The maximum Gasteiger partial charge on any atom is 0.472 e. The molecule has 3 aliphatic heterocycles. The largest absolute Gasteiger partial charge is 0.472 e. The molecule has 3 aromatic heterocycles. The van der Waals surface area contributed by atoms with Crippen LogP contribution in [-0.2, 0) is 50.5 Å². The fourth-order valence-electron chi connectivity index (χ4n) is 6.24. The van der Waals surface area contributed by atoms with Crippen LogP contribution in [0.1, 0.15) is 18.7 Å². The Morgan fingerprint density at radius 2 is 0.836 bits per heavy atom. The molecule has 34 heteroatoms. The summed E-state index contributed by atoms with van der Waals surface area (Å²) in [6.07, 6.45) is -20.4. The Bertz CT molecular complexity index is 2590. The minimum absolute atomic E-state index is 0.565. The van der Waals surface area contributed by atoms with Gasteiger partial charge in [-0.25, -0.2) is 28.1 Å². The van der Waals surface area contributed by atoms with E-state index in [4.69, 9.17) is 42.1 Å². The zero-order valence-electron chi connectivity index (χ0n) is 30.2. The highest BCUT2D eigenvalue weighted by Crippen LogP contribution is 2.52. The van der Waals surface area contributed by atoms with Crippen LogP contribution in [0.15, 0.2) is 65.6 Å². The van der Waals surface area contributed by atoms with Crippen LogP contribution >= 0.6 is 23.5 Å². The quantitative estimate of drug-likeness (QED) is 0.0595. The van der Waals surface area contributed by atoms with Crippen molar-refractivity contribution in [2.24, 2.45) is 0 Å². The third-order valence-electron chi connectivity index (χ3n) is 9.06. The number of nitrogens with zero attached hydrogens (tertiary/aromatic N) is 3. The molecule has 0 amide bonds. The summed E-state index contributed by atoms with van der Waals surface area (Å²) in [7, 11) is -16.2. The lowest BCUT2D eigenvalue weighted by Crippen LogP contribution is -2.39. The van der Waals surface area contributed by atoms with Gasteiger partial charge >= 0.3 is 40.5 Å². The highest BCUT2D eigenvalue weighted by atomic mass is 31.2. The number of rotatable bonds is 16. The third kappa shape index (κ3) is 10.8. The second kappa shape index (κ2) is 18.1. The van der Waals surface area contributed by atoms with E-state index < -0.39 is 151 Å². The molecular formula is C27H35N6O25P3. The van der Waals surface area contributed by atoms with Crippen LogP contribution in [0.2, 0.25) is 0 Å². The van der Waals surface area contributed by atoms with Gasteiger partial charge in [-0.05, 0) is 0 Å². The van der Waals surface area contributed by atoms with Crippen molar-refractivity contribution in [2.45, 2.75) is 73.6 Å². The number of phosphoric ester groups is 3. The molecule has 3 aliphatic rings. The van der Waals surface area contributed by atoms with Gasteiger partial charge in [0.2, 0.25) is 0 Å². The molecule has 0 spiro atoms. The first-order valence-electron chi connectivity index (χ1n) is 17.1. The second-order valence-electron chi connectivity index (χ2n) is 13.2. The zero-order chi connectivity index (χ0) is 44.8. The number of H-pyrrole nitrogens is 3. The average Bonchev–Trinajstić information content (AvgIpc) is 3.73. The fraction of sp³-hybridized carbons (Fsp3) is 0.556. The Kier molecular flexibility index (Phi) is 13.8. The van der Waals surface area contributed by atoms with Gasteiger partial charge in [0, 0.05) is 36.8 Å². The molecular weight excluding hydrogens is 901 g/mol. The minimum atomic E-state index is -5.55. The van der Waals surface area contributed by atoms with E-state index in [1.165, 1.54) is 0 Å². The maximum absolute atomic E-state index is 13.3. The molecule has 3 fully saturated rings. The highest BCUT2D eigenvalue weighted by Gasteiger charge is 2.53. The van der Waals surface area contributed by atoms with Gasteiger partial charge in [-0.2, -0.15) is 0 Å². The molecule has 11 N–H and O–H groups in total. The number of phosphoric acid groups is 3. The van der Waals surface area contributed by atoms with Crippen LogP contribution in [0.4, 0.5) is 0 Å². The van der Waals surface area contributed by atoms with E-state index in [0.29, 0.717) is 13.7 Å². The van der Waals surface area contributed by atoms with E-state index >= 15 is 0 Å². The molecule has 0 aliphatic carbocycles. The summed E-state index contributed by atoms with van der Waals surface area (Å²) >= 11 is 0. The Morgan fingerprint density at radius 3 is 1.20 bits per heavy atom. The highest BCUT2D eigenvalue weighted by molar-refractivity contribution is 7.47. The molecule has 0 aromatic carbocycles. The van der Waals surface area contributed by atoms with E-state index in [1.54, 1.807) is 0 Å². The SMILES string of the molecule is O=c1ccn(C2O[C@H](COP(=O)(O)O[C@H]3C(n4ccc(=O)[nH]c4=O)O[C@H](COP(=O)(O)O[C@H]4C(n5ccc(=O)[nH]c5=O)O[C@H](COP(=O)(O)O)[C@H]4O)[C@H]3O)[C@@H](O)[C@H]2O)c(=O)[nH]1. The number of aromatic nitrogens is 6. The van der Waals surface area contributed by atoms with Crippen molar-refractivity contribution >= 4 is 23.5 Å². The topological polar surface area (TPSA) is 451 Å². The molecule has 6 rings (SSSR count). The molecule has 0 radical (unpaired) electrons. The summed E-state index contributed by atoms with van der Waals surface area (Å²) in [4.78, 5) is 117. The molecule has 0 saturated carbocycles. The molecule has 3 saturated heterocycles. The van der Waals surface area contributed by atoms with E-state index in [2.05, 4.69) is 4.52 Å². The maximum atomic E-state index is 13.3. The average molecular weight is 937 g/mol. The predicted octanol–water partition coefficient (Wildman–Crippen LogP) is -6.11. The summed E-state index contributed by atoms with van der Waals surface area (Å²) in [6.45, 7) is -3.30. The lowest BCUT2D eigenvalue weighted by molar-refractivity contribution is -0.0680. The van der Waals surface area contributed by atoms with Gasteiger partial charge in [0.25, 0.3) is 16.7 Å². The number of hydrogen-bond donors (Lipinski definition) is 11. The van der Waals surface area contributed by atoms with E-state index in [-0.39, 0.29) is 0 Å². The number of aliphatic hydroxyl groups is 4. The molecule has 61 heavy (non-hydrogen) atoms. The van der Waals surface area contributed by atoms with Crippen LogP contribution in [0.25, 0.3) is 0 Å². The van der Waals surface area contributed by atoms with Gasteiger partial charge in [-0.3, -0.25) is 65.7 Å². The predicted molar refractivity (Wildman–Crippen MR) is 189 cm³/mol. The van der Waals surface area contributed by atoms with Crippen molar-refractivity contribution in [1.82, 2.24) is 28.7 Å². The Morgan fingerprint density at radius 1 is 0.508 bits per heavy atom. The summed E-state index contributed by atoms with van der Waals surface area (Å²) in [5, 5.41) is 43.0. The van der Waals surface area contributed by atoms with Crippen LogP contribution in [0.5, 0.6) is 0 Å². The van der Waals surface area contributed by atoms with E-state index in [1.807, 2.05) is 15.0 Å². The van der Waals surface area contributed by atoms with Crippen molar-refractivity contribution in [2.75, 3.05) is 19.8 Å². The Balaban J connectivity index is 1.17. The summed E-state index contributed by atoms with van der Waals surface area (Å²) in [5.41, 5.74) is -6.05. The monoisotopic (exact) mass is 936 g/mol. The molecule has 6 heterocycles. The zero-order valence-corrected chi connectivity index (χ0v) is 32.9. The number of nitrogens with one attached hydrogen (secondary N) is 3. The summed E-state index contributed by atoms with van der Waals surface area (Å²) in [6, 6.07) is 2.52. The number of aliphatic hydroxyl groups excluding tert-OH is 4. The molecule has 14 atom stereocenters. The fourth-order valence-corrected chi connectivity index (χ4v) is 8.45. The summed E-state index contributed by atoms with van der Waals surface area (Å²) in [5.74, 6) is 0. The molecule has 338 valence electrons. The van der Waals surface area contributed by atoms with E-state index in [9.17, 15) is 72.7 Å². The van der Waals surface area contributed by atoms with Crippen molar-refractivity contribution in [3.63, 3.8) is 0 Å². The molecule has 5 unspecified atom stereocenters. The standard InChI is InChI=1S/C27H35N6O25P3/c34-13-1-4-31(25(41)28-13)22-19(40)16(37)10(54-22)8-52-60(47,48)58-21-18(39)12(56-24(21)33-6-3-15(36)30-27(33)43)9-53-61(49,50)57-20-17(38)11(7-51-59(44,45)46)55-23(20)32-5-2-14(35)29-26(32)42/h1-6,10-12,16-24,37-40H,7-9H2,(H,47,48)(H,49,50)(H,28,34,41)(H,29,35,42)(H,30,36,43)(H2,44,45,46)/t10-,11-,12-,16-,17-,18-,19-,20-,21-,22?,23?,24?/m1/s1. The first-order chi connectivity index (χ1) is 28.4. The van der Waals surface area contributed by atoms with Crippen LogP contribution in [-0.4, -0.2) is 143 Å². The summed E-state index contributed by atoms with van der Waals surface area (Å²) < 4.78 is 80.4. The normalized spacial score (nSPS) is 32.5.